The van der Waals surface area contributed by atoms with Crippen LogP contribution in [0.5, 0.6) is 0 Å². The lowest BCUT2D eigenvalue weighted by Crippen LogP contribution is -2.27. The first kappa shape index (κ1) is 55.3. The fourth-order valence-electron chi connectivity index (χ4n) is 16.3. The molecule has 2 heteroatoms. The highest BCUT2D eigenvalue weighted by atomic mass is 14.8. The Balaban J connectivity index is 0.781. The maximum Gasteiger partial charge on any atom is 0.0898 e. The number of benzene rings is 12. The first-order valence-corrected chi connectivity index (χ1v) is 32.8. The number of rotatable bonds is 9. The summed E-state index contributed by atoms with van der Waals surface area (Å²) in [5.74, 6) is 0. The van der Waals surface area contributed by atoms with Gasteiger partial charge < -0.3 is 0 Å². The number of aryl methyl sites for hydroxylation is 4. The maximum atomic E-state index is 5.49. The molecule has 0 amide bonds. The SMILES string of the molecule is Cc1cc2c(cc1C)[C@@]1(c3cc(-c4ccc(C=C(c5ccccc5)c5ccccc5)cc4)ccc3-c3ccc(-c4ccc5c(c4)[C@@]4(c6cc(-c7ccc(C=C(c8ccccc8)c8ccccc8)cc7)ccc6-5)c5cc(C)c(C)cc5-c5cccnc54)cc31)c1ncccc1-2. The summed E-state index contributed by atoms with van der Waals surface area (Å²) in [6.07, 6.45) is 8.64. The molecule has 94 heavy (non-hydrogen) atoms. The molecule has 0 aliphatic heterocycles. The number of aromatic nitrogens is 2. The molecule has 4 aliphatic rings. The van der Waals surface area contributed by atoms with Gasteiger partial charge in [-0.3, -0.25) is 9.97 Å². The van der Waals surface area contributed by atoms with Gasteiger partial charge in [0.05, 0.1) is 22.2 Å². The lowest BCUT2D eigenvalue weighted by Gasteiger charge is -2.31. The van der Waals surface area contributed by atoms with Gasteiger partial charge in [-0.15, -0.1) is 0 Å². The third-order valence-corrected chi connectivity index (χ3v) is 21.0. The number of pyridine rings is 2. The molecule has 0 saturated heterocycles. The van der Waals surface area contributed by atoms with Crippen LogP contribution in [0.1, 0.15) is 100 Å². The van der Waals surface area contributed by atoms with E-state index < -0.39 is 10.8 Å². The lowest BCUT2D eigenvalue weighted by molar-refractivity contribution is 0.758. The Morgan fingerprint density at radius 3 is 0.840 bits per heavy atom. The highest BCUT2D eigenvalue weighted by molar-refractivity contribution is 6.00. The predicted molar refractivity (Wildman–Crippen MR) is 390 cm³/mol. The van der Waals surface area contributed by atoms with Crippen LogP contribution in [-0.4, -0.2) is 9.97 Å². The summed E-state index contributed by atoms with van der Waals surface area (Å²) in [5.41, 5.74) is 39.9. The minimum Gasteiger partial charge on any atom is -0.259 e. The quantitative estimate of drug-likeness (QED) is 0.135. The first-order chi connectivity index (χ1) is 46.2. The molecular formula is C92H64N2. The van der Waals surface area contributed by atoms with Crippen LogP contribution in [-0.2, 0) is 10.8 Å². The molecule has 0 saturated carbocycles. The Bertz CT molecular complexity index is 5060. The molecule has 0 fully saturated rings. The Morgan fingerprint density at radius 2 is 0.521 bits per heavy atom. The second kappa shape index (κ2) is 21.5. The molecule has 0 N–H and O–H groups in total. The molecule has 0 unspecified atom stereocenters. The molecule has 18 rings (SSSR count). The summed E-state index contributed by atoms with van der Waals surface area (Å²) in [6, 6.07) is 109. The molecule has 2 heterocycles. The van der Waals surface area contributed by atoms with E-state index in [0.29, 0.717) is 0 Å². The summed E-state index contributed by atoms with van der Waals surface area (Å²) in [4.78, 5) is 11.0. The predicted octanol–water partition coefficient (Wildman–Crippen LogP) is 22.6. The van der Waals surface area contributed by atoms with E-state index in [2.05, 4.69) is 331 Å². The van der Waals surface area contributed by atoms with Gasteiger partial charge in [-0.1, -0.05) is 255 Å². The monoisotopic (exact) mass is 1200 g/mol. The molecule has 2 nitrogen and oxygen atoms in total. The zero-order valence-corrected chi connectivity index (χ0v) is 52.9. The smallest absolute Gasteiger partial charge is 0.0898 e. The highest BCUT2D eigenvalue weighted by Gasteiger charge is 2.55. The fraction of sp³-hybridized carbons (Fsp3) is 0.0652. The molecule has 442 valence electrons. The number of hydrogen-bond acceptors (Lipinski definition) is 2. The standard InChI is InChI=1S/C92H64N2/c1-57-47-81-77-27-17-45-93-89(77)91(83(81)49-59(57)3)85-53-69(63-33-29-61(30-34-63)51-79(65-19-9-5-10-20-65)66-21-11-6-12-22-66)37-41-73(85)75-43-39-71(55-87(75)91)72-40-44-76-74-42-38-70(64-35-31-62(32-36-64)52-80(67-23-13-7-14-24-67)68-25-15-8-16-26-68)54-86(74)92(88(76)56-72)84-50-60(4)58(2)48-82(84)78-28-18-46-94-90(78)92/h5-56H,1-4H3/t91-,92-/m0/s1. The van der Waals surface area contributed by atoms with Crippen molar-refractivity contribution in [2.24, 2.45) is 0 Å². The van der Waals surface area contributed by atoms with Crippen molar-refractivity contribution in [3.8, 4) is 77.9 Å². The summed E-state index contributed by atoms with van der Waals surface area (Å²) < 4.78 is 0. The van der Waals surface area contributed by atoms with Crippen LogP contribution in [0.3, 0.4) is 0 Å². The average molecular weight is 1200 g/mol. The van der Waals surface area contributed by atoms with E-state index in [1.807, 2.05) is 12.4 Å². The minimum absolute atomic E-state index is 0.683. The van der Waals surface area contributed by atoms with Gasteiger partial charge in [0.1, 0.15) is 0 Å². The Morgan fingerprint density at radius 1 is 0.245 bits per heavy atom. The number of nitrogens with zero attached hydrogens (tertiary/aromatic N) is 2. The van der Waals surface area contributed by atoms with Crippen LogP contribution in [0, 0.1) is 27.7 Å². The lowest BCUT2D eigenvalue weighted by atomic mass is 9.70. The van der Waals surface area contributed by atoms with E-state index in [1.54, 1.807) is 0 Å². The van der Waals surface area contributed by atoms with Crippen LogP contribution in [0.25, 0.3) is 101 Å². The Hall–Kier alpha value is -11.6. The number of hydrogen-bond donors (Lipinski definition) is 0. The van der Waals surface area contributed by atoms with Gasteiger partial charge >= 0.3 is 0 Å². The Labute approximate surface area is 550 Å². The average Bonchev–Trinajstić information content (AvgIpc) is 1.51. The van der Waals surface area contributed by atoms with Crippen LogP contribution < -0.4 is 0 Å². The largest absolute Gasteiger partial charge is 0.259 e. The van der Waals surface area contributed by atoms with Crippen LogP contribution in [0.2, 0.25) is 0 Å². The summed E-state index contributed by atoms with van der Waals surface area (Å²) >= 11 is 0. The van der Waals surface area contributed by atoms with E-state index in [1.165, 1.54) is 167 Å². The molecule has 2 aromatic heterocycles. The van der Waals surface area contributed by atoms with Crippen LogP contribution >= 0.6 is 0 Å². The van der Waals surface area contributed by atoms with Crippen LogP contribution in [0.15, 0.2) is 304 Å². The van der Waals surface area contributed by atoms with Gasteiger partial charge in [-0.25, -0.2) is 0 Å². The van der Waals surface area contributed by atoms with E-state index in [-0.39, 0.29) is 0 Å². The first-order valence-electron chi connectivity index (χ1n) is 32.8. The van der Waals surface area contributed by atoms with E-state index in [4.69, 9.17) is 9.97 Å². The highest BCUT2D eigenvalue weighted by Crippen LogP contribution is 2.66. The summed E-state index contributed by atoms with van der Waals surface area (Å²) in [6.45, 7) is 9.02. The zero-order valence-electron chi connectivity index (χ0n) is 52.9. The normalized spacial score (nSPS) is 15.3. The van der Waals surface area contributed by atoms with Crippen molar-refractivity contribution in [1.82, 2.24) is 9.97 Å². The van der Waals surface area contributed by atoms with E-state index in [9.17, 15) is 0 Å². The van der Waals surface area contributed by atoms with Crippen molar-refractivity contribution in [3.05, 3.63) is 404 Å². The second-order valence-corrected chi connectivity index (χ2v) is 26.1. The molecule has 12 aromatic carbocycles. The fourth-order valence-corrected chi connectivity index (χ4v) is 16.3. The van der Waals surface area contributed by atoms with Crippen molar-refractivity contribution >= 4 is 23.3 Å². The van der Waals surface area contributed by atoms with Gasteiger partial charge in [0.15, 0.2) is 0 Å². The summed E-state index contributed by atoms with van der Waals surface area (Å²) in [5, 5.41) is 0. The van der Waals surface area contributed by atoms with Crippen molar-refractivity contribution in [1.29, 1.82) is 0 Å². The zero-order chi connectivity index (χ0) is 62.8. The van der Waals surface area contributed by atoms with E-state index in [0.717, 1.165) is 22.5 Å². The van der Waals surface area contributed by atoms with E-state index >= 15 is 0 Å². The minimum atomic E-state index is -0.683. The molecule has 2 spiro atoms. The summed E-state index contributed by atoms with van der Waals surface area (Å²) in [7, 11) is 0. The molecule has 2 atom stereocenters. The third kappa shape index (κ3) is 8.35. The van der Waals surface area contributed by atoms with Crippen LogP contribution in [0.4, 0.5) is 0 Å². The molecule has 4 aliphatic carbocycles. The molecular weight excluding hydrogens is 1130 g/mol. The third-order valence-electron chi connectivity index (χ3n) is 21.0. The molecule has 0 radical (unpaired) electrons. The molecule has 14 aromatic rings. The van der Waals surface area contributed by atoms with Gasteiger partial charge in [-0.2, -0.15) is 0 Å². The van der Waals surface area contributed by atoms with Crippen molar-refractivity contribution < 1.29 is 0 Å². The van der Waals surface area contributed by atoms with Gasteiger partial charge in [0.2, 0.25) is 0 Å². The topological polar surface area (TPSA) is 25.8 Å². The Kier molecular flexibility index (Phi) is 12.7. The van der Waals surface area contributed by atoms with Gasteiger partial charge in [-0.05, 0) is 243 Å². The van der Waals surface area contributed by atoms with Gasteiger partial charge in [0.25, 0.3) is 0 Å². The molecule has 0 bridgehead atoms. The number of fused-ring (bicyclic) bond motifs is 20. The van der Waals surface area contributed by atoms with Crippen molar-refractivity contribution in [2.45, 2.75) is 38.5 Å². The second-order valence-electron chi connectivity index (χ2n) is 26.1. The van der Waals surface area contributed by atoms with Crippen molar-refractivity contribution in [3.63, 3.8) is 0 Å². The maximum absolute atomic E-state index is 5.49. The van der Waals surface area contributed by atoms with Crippen molar-refractivity contribution in [2.75, 3.05) is 0 Å². The van der Waals surface area contributed by atoms with Gasteiger partial charge in [0, 0.05) is 23.5 Å².